The van der Waals surface area contributed by atoms with Gasteiger partial charge in [-0.05, 0) is 32.0 Å². The predicted octanol–water partition coefficient (Wildman–Crippen LogP) is 1.90. The van der Waals surface area contributed by atoms with Gasteiger partial charge in [0.2, 0.25) is 0 Å². The van der Waals surface area contributed by atoms with Gasteiger partial charge in [-0.2, -0.15) is 0 Å². The van der Waals surface area contributed by atoms with Gasteiger partial charge >= 0.3 is 0 Å². The van der Waals surface area contributed by atoms with Crippen LogP contribution in [0.2, 0.25) is 0 Å². The van der Waals surface area contributed by atoms with Gasteiger partial charge in [0.15, 0.2) is 0 Å². The number of rotatable bonds is 4. The average Bonchev–Trinajstić information content (AvgIpc) is 2.93. The second-order valence-electron chi connectivity index (χ2n) is 5.83. The Bertz CT molecular complexity index is 365. The van der Waals surface area contributed by atoms with E-state index in [0.717, 1.165) is 25.6 Å². The van der Waals surface area contributed by atoms with Crippen LogP contribution in [0.4, 0.5) is 0 Å². The molecule has 0 aliphatic carbocycles. The molecular weight excluding hydrogens is 244 g/mol. The molecule has 100 valence electrons. The molecule has 2 fully saturated rings. The van der Waals surface area contributed by atoms with E-state index >= 15 is 0 Å². The maximum absolute atomic E-state index is 6.17. The molecule has 0 spiro atoms. The van der Waals surface area contributed by atoms with E-state index in [1.807, 2.05) is 11.3 Å². The summed E-state index contributed by atoms with van der Waals surface area (Å²) < 4.78 is 6.17. The van der Waals surface area contributed by atoms with Gasteiger partial charge in [0, 0.05) is 37.0 Å². The van der Waals surface area contributed by atoms with Crippen molar-refractivity contribution in [3.8, 4) is 0 Å². The summed E-state index contributed by atoms with van der Waals surface area (Å²) in [4.78, 5) is 6.25. The van der Waals surface area contributed by atoms with E-state index in [1.54, 1.807) is 0 Å². The van der Waals surface area contributed by atoms with E-state index < -0.39 is 0 Å². The molecule has 2 aliphatic heterocycles. The van der Waals surface area contributed by atoms with E-state index in [1.165, 1.54) is 17.8 Å². The van der Waals surface area contributed by atoms with Crippen LogP contribution in [0, 0.1) is 5.92 Å². The van der Waals surface area contributed by atoms with Crippen LogP contribution < -0.4 is 0 Å². The van der Waals surface area contributed by atoms with Gasteiger partial charge in [-0.25, -0.2) is 0 Å². The third-order valence-electron chi connectivity index (χ3n) is 3.92. The lowest BCUT2D eigenvalue weighted by atomic mass is 10.0. The molecule has 0 N–H and O–H groups in total. The van der Waals surface area contributed by atoms with Crippen molar-refractivity contribution < 1.29 is 4.74 Å². The molecule has 1 aromatic rings. The van der Waals surface area contributed by atoms with Crippen molar-refractivity contribution in [2.24, 2.45) is 5.92 Å². The zero-order valence-electron chi connectivity index (χ0n) is 11.2. The Balaban J connectivity index is 1.50. The van der Waals surface area contributed by atoms with E-state index in [4.69, 9.17) is 4.74 Å². The number of hydrogen-bond donors (Lipinski definition) is 0. The summed E-state index contributed by atoms with van der Waals surface area (Å²) in [6.45, 7) is 4.50. The van der Waals surface area contributed by atoms with Gasteiger partial charge in [0.05, 0.1) is 12.2 Å². The molecule has 0 bridgehead atoms. The largest absolute Gasteiger partial charge is 0.372 e. The number of thiophene rings is 1. The third-order valence-corrected chi connectivity index (χ3v) is 4.78. The van der Waals surface area contributed by atoms with Crippen LogP contribution in [-0.4, -0.2) is 55.7 Å². The normalized spacial score (nSPS) is 32.3. The van der Waals surface area contributed by atoms with Gasteiger partial charge in [0.25, 0.3) is 0 Å². The average molecular weight is 266 g/mol. The van der Waals surface area contributed by atoms with Crippen molar-refractivity contribution >= 4 is 11.3 Å². The Hall–Kier alpha value is -0.420. The summed E-state index contributed by atoms with van der Waals surface area (Å²) in [7, 11) is 4.25. The SMILES string of the molecule is CN(C)C[C@@H]1C[C@H]2CN(Cc3cccs3)C[C@H]2O1. The first-order valence-corrected chi connectivity index (χ1v) is 7.63. The molecule has 1 aromatic heterocycles. The molecule has 0 aromatic carbocycles. The highest BCUT2D eigenvalue weighted by Gasteiger charge is 2.41. The lowest BCUT2D eigenvalue weighted by molar-refractivity contribution is 0.0250. The Labute approximate surface area is 113 Å². The number of likely N-dealkylation sites (tertiary alicyclic amines) is 1. The van der Waals surface area contributed by atoms with E-state index in [-0.39, 0.29) is 0 Å². The molecule has 4 heteroatoms. The first-order chi connectivity index (χ1) is 8.70. The monoisotopic (exact) mass is 266 g/mol. The van der Waals surface area contributed by atoms with Gasteiger partial charge in [-0.3, -0.25) is 4.90 Å². The molecule has 3 heterocycles. The molecule has 0 radical (unpaired) electrons. The van der Waals surface area contributed by atoms with Crippen LogP contribution in [0.3, 0.4) is 0 Å². The van der Waals surface area contributed by atoms with Gasteiger partial charge in [-0.1, -0.05) is 6.07 Å². The predicted molar refractivity (Wildman–Crippen MR) is 74.9 cm³/mol. The number of hydrogen-bond acceptors (Lipinski definition) is 4. The lowest BCUT2D eigenvalue weighted by Gasteiger charge is -2.20. The summed E-state index contributed by atoms with van der Waals surface area (Å²) >= 11 is 1.86. The quantitative estimate of drug-likeness (QED) is 0.828. The highest BCUT2D eigenvalue weighted by Crippen LogP contribution is 2.34. The van der Waals surface area contributed by atoms with Crippen molar-refractivity contribution in [2.45, 2.75) is 25.2 Å². The Morgan fingerprint density at radius 3 is 3.00 bits per heavy atom. The second-order valence-corrected chi connectivity index (χ2v) is 6.86. The van der Waals surface area contributed by atoms with Crippen molar-refractivity contribution in [2.75, 3.05) is 33.7 Å². The zero-order valence-corrected chi connectivity index (χ0v) is 12.0. The van der Waals surface area contributed by atoms with E-state index in [2.05, 4.69) is 41.4 Å². The fraction of sp³-hybridized carbons (Fsp3) is 0.714. The zero-order chi connectivity index (χ0) is 12.5. The summed E-state index contributed by atoms with van der Waals surface area (Å²) in [6, 6.07) is 4.37. The fourth-order valence-corrected chi connectivity index (χ4v) is 3.97. The summed E-state index contributed by atoms with van der Waals surface area (Å²) in [6.07, 6.45) is 2.18. The van der Waals surface area contributed by atoms with E-state index in [0.29, 0.717) is 12.2 Å². The van der Waals surface area contributed by atoms with Crippen LogP contribution in [0.1, 0.15) is 11.3 Å². The van der Waals surface area contributed by atoms with E-state index in [9.17, 15) is 0 Å². The van der Waals surface area contributed by atoms with Crippen molar-refractivity contribution in [1.82, 2.24) is 9.80 Å². The number of nitrogens with zero attached hydrogens (tertiary/aromatic N) is 2. The number of ether oxygens (including phenoxy) is 1. The summed E-state index contributed by atoms with van der Waals surface area (Å²) in [5, 5.41) is 2.16. The van der Waals surface area contributed by atoms with Gasteiger partial charge in [-0.15, -0.1) is 11.3 Å². The Kier molecular flexibility index (Phi) is 3.71. The number of fused-ring (bicyclic) bond motifs is 1. The standard InChI is InChI=1S/C14H22N2OS/c1-15(2)8-12-6-11-7-16(10-14(11)17-12)9-13-4-3-5-18-13/h3-5,11-12,14H,6-10H2,1-2H3/t11-,12-,14+/m0/s1. The Morgan fingerprint density at radius 1 is 1.44 bits per heavy atom. The molecule has 18 heavy (non-hydrogen) atoms. The molecule has 0 amide bonds. The highest BCUT2D eigenvalue weighted by atomic mass is 32.1. The molecule has 0 unspecified atom stereocenters. The van der Waals surface area contributed by atoms with Crippen LogP contribution >= 0.6 is 11.3 Å². The number of likely N-dealkylation sites (N-methyl/N-ethyl adjacent to an activating group) is 1. The minimum absolute atomic E-state index is 0.457. The molecule has 3 rings (SSSR count). The lowest BCUT2D eigenvalue weighted by Crippen LogP contribution is -2.29. The first-order valence-electron chi connectivity index (χ1n) is 6.75. The molecular formula is C14H22N2OS. The second kappa shape index (κ2) is 5.29. The summed E-state index contributed by atoms with van der Waals surface area (Å²) in [5.74, 6) is 0.759. The Morgan fingerprint density at radius 2 is 2.33 bits per heavy atom. The van der Waals surface area contributed by atoms with Crippen LogP contribution in [0.25, 0.3) is 0 Å². The van der Waals surface area contributed by atoms with Gasteiger partial charge < -0.3 is 9.64 Å². The maximum Gasteiger partial charge on any atom is 0.0747 e. The molecule has 2 aliphatic rings. The van der Waals surface area contributed by atoms with Crippen LogP contribution in [0.15, 0.2) is 17.5 Å². The van der Waals surface area contributed by atoms with Crippen molar-refractivity contribution in [1.29, 1.82) is 0 Å². The highest BCUT2D eigenvalue weighted by molar-refractivity contribution is 7.09. The van der Waals surface area contributed by atoms with Crippen LogP contribution in [0.5, 0.6) is 0 Å². The van der Waals surface area contributed by atoms with Crippen LogP contribution in [-0.2, 0) is 11.3 Å². The molecule has 3 nitrogen and oxygen atoms in total. The molecule has 3 atom stereocenters. The van der Waals surface area contributed by atoms with Gasteiger partial charge in [0.1, 0.15) is 0 Å². The fourth-order valence-electron chi connectivity index (χ4n) is 3.23. The summed E-state index contributed by atoms with van der Waals surface area (Å²) in [5.41, 5.74) is 0. The van der Waals surface area contributed by atoms with Crippen molar-refractivity contribution in [3.63, 3.8) is 0 Å². The smallest absolute Gasteiger partial charge is 0.0747 e. The topological polar surface area (TPSA) is 15.7 Å². The van der Waals surface area contributed by atoms with Crippen molar-refractivity contribution in [3.05, 3.63) is 22.4 Å². The third kappa shape index (κ3) is 2.77. The first kappa shape index (κ1) is 12.6. The minimum Gasteiger partial charge on any atom is -0.372 e. The maximum atomic E-state index is 6.17. The minimum atomic E-state index is 0.457. The molecule has 0 saturated carbocycles. The molecule has 2 saturated heterocycles.